The number of ether oxygens (including phenoxy) is 2. The third-order valence-electron chi connectivity index (χ3n) is 3.11. The van der Waals surface area contributed by atoms with Crippen LogP contribution in [0.15, 0.2) is 23.3 Å². The molecule has 1 rings (SSSR count). The number of aliphatic imine (C=N–C) groups is 1. The third kappa shape index (κ3) is 10.5. The summed E-state index contributed by atoms with van der Waals surface area (Å²) >= 11 is 5.78. The quantitative estimate of drug-likeness (QED) is 0.370. The lowest BCUT2D eigenvalue weighted by Crippen LogP contribution is -2.54. The molecule has 0 aliphatic carbocycles. The van der Waals surface area contributed by atoms with E-state index in [0.717, 1.165) is 0 Å². The first-order valence-electron chi connectivity index (χ1n) is 8.71. The van der Waals surface area contributed by atoms with Crippen LogP contribution in [0.25, 0.3) is 0 Å². The number of hydrogen-bond donors (Lipinski definition) is 3. The van der Waals surface area contributed by atoms with Crippen LogP contribution in [0.2, 0.25) is 5.02 Å². The van der Waals surface area contributed by atoms with Gasteiger partial charge in [0.15, 0.2) is 5.96 Å². The Morgan fingerprint density at radius 3 is 2.48 bits per heavy atom. The number of alkyl carbamates (subject to hydrolysis) is 1. The molecule has 27 heavy (non-hydrogen) atoms. The van der Waals surface area contributed by atoms with Gasteiger partial charge in [-0.05, 0) is 40.7 Å². The molecular weight excluding hydrogens is 370 g/mol. The van der Waals surface area contributed by atoms with Crippen molar-refractivity contribution in [3.63, 3.8) is 0 Å². The molecule has 0 radical (unpaired) electrons. The monoisotopic (exact) mass is 399 g/mol. The first-order valence-corrected chi connectivity index (χ1v) is 9.08. The summed E-state index contributed by atoms with van der Waals surface area (Å²) in [5.41, 5.74) is -1.06. The van der Waals surface area contributed by atoms with Gasteiger partial charge in [-0.2, -0.15) is 0 Å². The van der Waals surface area contributed by atoms with E-state index in [2.05, 4.69) is 25.9 Å². The predicted octanol–water partition coefficient (Wildman–Crippen LogP) is 2.58. The second-order valence-electron chi connectivity index (χ2n) is 7.53. The van der Waals surface area contributed by atoms with E-state index in [1.165, 1.54) is 6.20 Å². The summed E-state index contributed by atoms with van der Waals surface area (Å²) in [6.45, 7) is 10.7. The number of carbonyl (C=O) groups excluding carboxylic acids is 1. The van der Waals surface area contributed by atoms with Gasteiger partial charge in [-0.3, -0.25) is 4.99 Å². The summed E-state index contributed by atoms with van der Waals surface area (Å²) in [6, 6.07) is 3.43. The lowest BCUT2D eigenvalue weighted by atomic mass is 10.1. The topological polar surface area (TPSA) is 96.9 Å². The Morgan fingerprint density at radius 2 is 1.93 bits per heavy atom. The third-order valence-corrected chi connectivity index (χ3v) is 3.33. The molecule has 1 amide bonds. The molecule has 8 nitrogen and oxygen atoms in total. The van der Waals surface area contributed by atoms with Crippen molar-refractivity contribution in [1.82, 2.24) is 20.9 Å². The highest BCUT2D eigenvalue weighted by atomic mass is 35.5. The van der Waals surface area contributed by atoms with E-state index >= 15 is 0 Å². The van der Waals surface area contributed by atoms with Crippen molar-refractivity contribution >= 4 is 23.7 Å². The summed E-state index contributed by atoms with van der Waals surface area (Å²) in [6.07, 6.45) is 1.07. The maximum atomic E-state index is 11.9. The van der Waals surface area contributed by atoms with Crippen molar-refractivity contribution in [2.45, 2.75) is 45.8 Å². The number of pyridine rings is 1. The number of halogens is 1. The smallest absolute Gasteiger partial charge is 0.408 e. The molecule has 0 aliphatic rings. The second kappa shape index (κ2) is 10.2. The number of carbonyl (C=O) groups is 1. The summed E-state index contributed by atoms with van der Waals surface area (Å²) < 4.78 is 10.8. The molecule has 0 aromatic carbocycles. The van der Waals surface area contributed by atoms with E-state index in [0.29, 0.717) is 36.6 Å². The van der Waals surface area contributed by atoms with Crippen LogP contribution in [0, 0.1) is 0 Å². The molecule has 0 saturated carbocycles. The number of nitrogens with zero attached hydrogens (tertiary/aromatic N) is 2. The zero-order valence-corrected chi connectivity index (χ0v) is 17.6. The molecule has 0 bridgehead atoms. The molecule has 0 unspecified atom stereocenters. The van der Waals surface area contributed by atoms with Gasteiger partial charge in [0.25, 0.3) is 0 Å². The Kier molecular flexibility index (Phi) is 8.62. The average Bonchev–Trinajstić information content (AvgIpc) is 2.53. The van der Waals surface area contributed by atoms with Gasteiger partial charge in [0.05, 0.1) is 17.1 Å². The van der Waals surface area contributed by atoms with Crippen LogP contribution in [0.4, 0.5) is 4.79 Å². The molecule has 0 saturated heterocycles. The van der Waals surface area contributed by atoms with Crippen molar-refractivity contribution in [1.29, 1.82) is 0 Å². The van der Waals surface area contributed by atoms with Gasteiger partial charge in [0.2, 0.25) is 5.88 Å². The van der Waals surface area contributed by atoms with Gasteiger partial charge < -0.3 is 25.4 Å². The van der Waals surface area contributed by atoms with E-state index in [9.17, 15) is 4.79 Å². The molecule has 1 aromatic heterocycles. The van der Waals surface area contributed by atoms with Crippen molar-refractivity contribution in [3.8, 4) is 5.88 Å². The zero-order chi connectivity index (χ0) is 20.5. The second-order valence-corrected chi connectivity index (χ2v) is 7.96. The Morgan fingerprint density at radius 1 is 1.22 bits per heavy atom. The normalized spacial score (nSPS) is 12.3. The number of hydrogen-bond acceptors (Lipinski definition) is 5. The van der Waals surface area contributed by atoms with E-state index in [4.69, 9.17) is 21.1 Å². The van der Waals surface area contributed by atoms with E-state index < -0.39 is 17.2 Å². The van der Waals surface area contributed by atoms with Crippen LogP contribution < -0.4 is 20.7 Å². The standard InChI is InChI=1S/C18H30ClN5O3/c1-17(2,3)27-16(25)24-18(4,5)12-23-15(20-6)21-9-10-26-14-8-7-13(19)11-22-14/h7-8,11H,9-10,12H2,1-6H3,(H,24,25)(H2,20,21,23). The highest BCUT2D eigenvalue weighted by molar-refractivity contribution is 6.30. The number of amides is 1. The molecule has 0 aliphatic heterocycles. The minimum absolute atomic E-state index is 0.412. The lowest BCUT2D eigenvalue weighted by Gasteiger charge is -2.29. The first-order chi connectivity index (χ1) is 12.5. The van der Waals surface area contributed by atoms with Gasteiger partial charge in [0, 0.05) is 25.9 Å². The maximum absolute atomic E-state index is 11.9. The molecular formula is C18H30ClN5O3. The number of aromatic nitrogens is 1. The fourth-order valence-electron chi connectivity index (χ4n) is 1.92. The van der Waals surface area contributed by atoms with Crippen molar-refractivity contribution in [3.05, 3.63) is 23.4 Å². The Labute approximate surface area is 166 Å². The van der Waals surface area contributed by atoms with Crippen LogP contribution >= 0.6 is 11.6 Å². The predicted molar refractivity (Wildman–Crippen MR) is 108 cm³/mol. The van der Waals surface area contributed by atoms with Crippen LogP contribution in [0.5, 0.6) is 5.88 Å². The maximum Gasteiger partial charge on any atom is 0.408 e. The highest BCUT2D eigenvalue weighted by Gasteiger charge is 2.24. The summed E-state index contributed by atoms with van der Waals surface area (Å²) in [5, 5.41) is 9.69. The molecule has 1 heterocycles. The summed E-state index contributed by atoms with van der Waals surface area (Å²) in [5.74, 6) is 1.11. The van der Waals surface area contributed by atoms with Crippen molar-refractivity contribution < 1.29 is 14.3 Å². The van der Waals surface area contributed by atoms with Gasteiger partial charge in [-0.15, -0.1) is 0 Å². The van der Waals surface area contributed by atoms with Crippen LogP contribution in [-0.4, -0.2) is 54.9 Å². The van der Waals surface area contributed by atoms with Gasteiger partial charge in [0.1, 0.15) is 12.2 Å². The van der Waals surface area contributed by atoms with Gasteiger partial charge in [-0.25, -0.2) is 9.78 Å². The van der Waals surface area contributed by atoms with E-state index in [1.54, 1.807) is 19.2 Å². The Bertz CT molecular complexity index is 627. The van der Waals surface area contributed by atoms with Crippen LogP contribution in [0.3, 0.4) is 0 Å². The fourth-order valence-corrected chi connectivity index (χ4v) is 2.03. The minimum atomic E-state index is -0.538. The van der Waals surface area contributed by atoms with Crippen LogP contribution in [0.1, 0.15) is 34.6 Å². The molecule has 0 fully saturated rings. The minimum Gasteiger partial charge on any atom is -0.476 e. The number of rotatable bonds is 7. The largest absolute Gasteiger partial charge is 0.476 e. The SMILES string of the molecule is CN=C(NCCOc1ccc(Cl)cn1)NCC(C)(C)NC(=O)OC(C)(C)C. The summed E-state index contributed by atoms with van der Waals surface area (Å²) in [7, 11) is 1.67. The van der Waals surface area contributed by atoms with Gasteiger partial charge >= 0.3 is 6.09 Å². The Hall–Kier alpha value is -2.22. The zero-order valence-electron chi connectivity index (χ0n) is 16.9. The lowest BCUT2D eigenvalue weighted by molar-refractivity contribution is 0.0474. The van der Waals surface area contributed by atoms with Gasteiger partial charge in [-0.1, -0.05) is 11.6 Å². The molecule has 9 heteroatoms. The number of guanidine groups is 1. The number of nitrogens with one attached hydrogen (secondary N) is 3. The molecule has 152 valence electrons. The highest BCUT2D eigenvalue weighted by Crippen LogP contribution is 2.11. The van der Waals surface area contributed by atoms with Crippen molar-refractivity contribution in [2.75, 3.05) is 26.7 Å². The molecule has 1 aromatic rings. The molecule has 0 atom stereocenters. The fraction of sp³-hybridized carbons (Fsp3) is 0.611. The van der Waals surface area contributed by atoms with Crippen LogP contribution in [-0.2, 0) is 4.74 Å². The van der Waals surface area contributed by atoms with E-state index in [1.807, 2.05) is 34.6 Å². The summed E-state index contributed by atoms with van der Waals surface area (Å²) in [4.78, 5) is 20.1. The Balaban J connectivity index is 2.33. The van der Waals surface area contributed by atoms with E-state index in [-0.39, 0.29) is 0 Å². The average molecular weight is 400 g/mol. The molecule has 3 N–H and O–H groups in total. The van der Waals surface area contributed by atoms with Crippen molar-refractivity contribution in [2.24, 2.45) is 4.99 Å². The molecule has 0 spiro atoms. The first kappa shape index (κ1) is 22.8.